The van der Waals surface area contributed by atoms with Crippen molar-refractivity contribution < 1.29 is 22.3 Å². The molecule has 29 heavy (non-hydrogen) atoms. The van der Waals surface area contributed by atoms with Crippen LogP contribution in [0.15, 0.2) is 30.3 Å². The predicted octanol–water partition coefficient (Wildman–Crippen LogP) is 1.64. The van der Waals surface area contributed by atoms with E-state index in [1.54, 1.807) is 41.8 Å². The number of likely N-dealkylation sites (N-methyl/N-ethyl adjacent to an activating group) is 1. The van der Waals surface area contributed by atoms with E-state index in [-0.39, 0.29) is 35.8 Å². The summed E-state index contributed by atoms with van der Waals surface area (Å²) in [5, 5.41) is 7.18. The Labute approximate surface area is 169 Å². The van der Waals surface area contributed by atoms with Crippen molar-refractivity contribution in [3.05, 3.63) is 41.8 Å². The van der Waals surface area contributed by atoms with Crippen LogP contribution in [0.4, 0.5) is 10.2 Å². The first-order valence-corrected chi connectivity index (χ1v) is 11.2. The second-order valence-corrected chi connectivity index (χ2v) is 9.49. The monoisotopic (exact) mass is 424 g/mol. The van der Waals surface area contributed by atoms with E-state index in [4.69, 9.17) is 4.74 Å². The topological polar surface area (TPSA) is 93.5 Å². The molecule has 0 aliphatic carbocycles. The molecule has 1 aliphatic heterocycles. The van der Waals surface area contributed by atoms with Crippen LogP contribution in [0.25, 0.3) is 0 Å². The third-order valence-corrected chi connectivity index (χ3v) is 6.40. The Morgan fingerprint density at radius 2 is 2.10 bits per heavy atom. The highest BCUT2D eigenvalue weighted by Crippen LogP contribution is 2.27. The molecule has 2 heterocycles. The average molecular weight is 424 g/mol. The predicted molar refractivity (Wildman–Crippen MR) is 107 cm³/mol. The van der Waals surface area contributed by atoms with E-state index in [2.05, 4.69) is 10.4 Å². The van der Waals surface area contributed by atoms with Crippen molar-refractivity contribution in [2.75, 3.05) is 43.6 Å². The van der Waals surface area contributed by atoms with Gasteiger partial charge in [0.05, 0.1) is 29.8 Å². The molecule has 2 aromatic rings. The number of anilines is 1. The van der Waals surface area contributed by atoms with Gasteiger partial charge in [-0.2, -0.15) is 5.10 Å². The molecule has 158 valence electrons. The summed E-state index contributed by atoms with van der Waals surface area (Å²) in [6.45, 7) is 2.80. The first-order chi connectivity index (χ1) is 13.7. The minimum absolute atomic E-state index is 0.0393. The van der Waals surface area contributed by atoms with Gasteiger partial charge in [0.2, 0.25) is 5.91 Å². The lowest BCUT2D eigenvalue weighted by molar-refractivity contribution is -0.117. The second-order valence-electron chi connectivity index (χ2n) is 7.26. The van der Waals surface area contributed by atoms with Gasteiger partial charge in [-0.1, -0.05) is 0 Å². The Hall–Kier alpha value is -2.46. The van der Waals surface area contributed by atoms with Crippen LogP contribution in [0.5, 0.6) is 5.75 Å². The average Bonchev–Trinajstić information content (AvgIpc) is 3.18. The van der Waals surface area contributed by atoms with Crippen molar-refractivity contribution in [1.29, 1.82) is 0 Å². The maximum absolute atomic E-state index is 12.9. The zero-order chi connectivity index (χ0) is 21.0. The number of amides is 1. The Bertz CT molecular complexity index is 959. The summed E-state index contributed by atoms with van der Waals surface area (Å²) in [5.41, 5.74) is 0.714. The van der Waals surface area contributed by atoms with Gasteiger partial charge < -0.3 is 10.1 Å². The lowest BCUT2D eigenvalue weighted by atomic mass is 10.3. The summed E-state index contributed by atoms with van der Waals surface area (Å²) in [4.78, 5) is 14.2. The summed E-state index contributed by atoms with van der Waals surface area (Å²) < 4.78 is 43.5. The van der Waals surface area contributed by atoms with Crippen LogP contribution >= 0.6 is 0 Å². The van der Waals surface area contributed by atoms with Crippen LogP contribution in [0.1, 0.15) is 18.2 Å². The van der Waals surface area contributed by atoms with Crippen LogP contribution in [0, 0.1) is 12.7 Å². The van der Waals surface area contributed by atoms with Crippen molar-refractivity contribution in [3.63, 3.8) is 0 Å². The molecule has 1 amide bonds. The van der Waals surface area contributed by atoms with Gasteiger partial charge in [-0.3, -0.25) is 9.69 Å². The lowest BCUT2D eigenvalue weighted by Gasteiger charge is -2.18. The Morgan fingerprint density at radius 1 is 1.38 bits per heavy atom. The number of carbonyl (C=O) groups excluding carboxylic acids is 1. The number of hydrogen-bond donors (Lipinski definition) is 1. The smallest absolute Gasteiger partial charge is 0.239 e. The van der Waals surface area contributed by atoms with E-state index in [0.29, 0.717) is 36.8 Å². The van der Waals surface area contributed by atoms with Gasteiger partial charge >= 0.3 is 0 Å². The summed E-state index contributed by atoms with van der Waals surface area (Å²) in [6.07, 6.45) is 0.493. The summed E-state index contributed by atoms with van der Waals surface area (Å²) >= 11 is 0. The zero-order valence-electron chi connectivity index (χ0n) is 16.5. The fourth-order valence-corrected chi connectivity index (χ4v) is 4.91. The third-order valence-electron chi connectivity index (χ3n) is 4.65. The summed E-state index contributed by atoms with van der Waals surface area (Å²) in [7, 11) is -1.26. The molecule has 1 fully saturated rings. The molecule has 1 aliphatic rings. The molecule has 0 radical (unpaired) electrons. The van der Waals surface area contributed by atoms with Gasteiger partial charge in [0, 0.05) is 12.6 Å². The van der Waals surface area contributed by atoms with E-state index >= 15 is 0 Å². The Morgan fingerprint density at radius 3 is 2.76 bits per heavy atom. The number of nitrogens with zero attached hydrogens (tertiary/aromatic N) is 3. The number of halogens is 1. The first-order valence-electron chi connectivity index (χ1n) is 9.35. The van der Waals surface area contributed by atoms with Gasteiger partial charge in [-0.05, 0) is 44.7 Å². The van der Waals surface area contributed by atoms with E-state index < -0.39 is 9.84 Å². The maximum atomic E-state index is 12.9. The number of benzene rings is 1. The fraction of sp³-hybridized carbons (Fsp3) is 0.474. The molecule has 0 saturated carbocycles. The normalized spacial score (nSPS) is 18.1. The highest BCUT2D eigenvalue weighted by atomic mass is 32.2. The quantitative estimate of drug-likeness (QED) is 0.693. The van der Waals surface area contributed by atoms with Crippen LogP contribution in [-0.2, 0) is 14.6 Å². The molecule has 0 spiro atoms. The molecular weight excluding hydrogens is 399 g/mol. The summed E-state index contributed by atoms with van der Waals surface area (Å²) in [5.74, 6) is 0.700. The molecular formula is C19H25FN4O4S. The molecule has 1 atom stereocenters. The Balaban J connectivity index is 1.49. The minimum atomic E-state index is -3.05. The van der Waals surface area contributed by atoms with Gasteiger partial charge in [0.1, 0.15) is 24.0 Å². The van der Waals surface area contributed by atoms with E-state index in [1.165, 1.54) is 12.1 Å². The van der Waals surface area contributed by atoms with Gasteiger partial charge in [0.25, 0.3) is 0 Å². The van der Waals surface area contributed by atoms with Gasteiger partial charge in [-0.25, -0.2) is 17.5 Å². The number of carbonyl (C=O) groups is 1. The number of ether oxygens (including phenoxy) is 1. The Kier molecular flexibility index (Phi) is 6.53. The highest BCUT2D eigenvalue weighted by molar-refractivity contribution is 7.91. The van der Waals surface area contributed by atoms with E-state index in [0.717, 1.165) is 0 Å². The van der Waals surface area contributed by atoms with Crippen molar-refractivity contribution in [2.24, 2.45) is 0 Å². The molecule has 10 heteroatoms. The SMILES string of the molecule is Cc1cc(NC(=O)CN(C)CCOc2ccc(F)cc2)n(C2CCS(=O)(=O)C2)n1. The largest absolute Gasteiger partial charge is 0.492 e. The third kappa shape index (κ3) is 6.01. The van der Waals surface area contributed by atoms with Crippen LogP contribution in [-0.4, -0.2) is 67.3 Å². The number of hydrogen-bond acceptors (Lipinski definition) is 6. The molecule has 1 aromatic carbocycles. The van der Waals surface area contributed by atoms with Crippen molar-refractivity contribution >= 4 is 21.6 Å². The lowest BCUT2D eigenvalue weighted by Crippen LogP contribution is -2.33. The zero-order valence-corrected chi connectivity index (χ0v) is 17.3. The molecule has 0 bridgehead atoms. The number of nitrogens with one attached hydrogen (secondary N) is 1. The van der Waals surface area contributed by atoms with Crippen molar-refractivity contribution in [3.8, 4) is 5.75 Å². The second kappa shape index (κ2) is 8.91. The molecule has 1 N–H and O–H groups in total. The van der Waals surface area contributed by atoms with Crippen LogP contribution < -0.4 is 10.1 Å². The summed E-state index contributed by atoms with van der Waals surface area (Å²) in [6, 6.07) is 7.23. The first kappa shape index (κ1) is 21.3. The number of rotatable bonds is 8. The molecule has 1 saturated heterocycles. The molecule has 1 aromatic heterocycles. The fourth-order valence-electron chi connectivity index (χ4n) is 3.21. The van der Waals surface area contributed by atoms with Crippen molar-refractivity contribution in [1.82, 2.24) is 14.7 Å². The van der Waals surface area contributed by atoms with Crippen LogP contribution in [0.2, 0.25) is 0 Å². The van der Waals surface area contributed by atoms with Gasteiger partial charge in [-0.15, -0.1) is 0 Å². The standard InChI is InChI=1S/C19H25FN4O4S/c1-14-11-18(24(22-14)16-7-10-29(26,27)13-16)21-19(25)12-23(2)8-9-28-17-5-3-15(20)4-6-17/h3-6,11,16H,7-10,12-13H2,1-2H3,(H,21,25). The van der Waals surface area contributed by atoms with Crippen LogP contribution in [0.3, 0.4) is 0 Å². The van der Waals surface area contributed by atoms with E-state index in [9.17, 15) is 17.6 Å². The highest BCUT2D eigenvalue weighted by Gasteiger charge is 2.31. The van der Waals surface area contributed by atoms with E-state index in [1.807, 2.05) is 0 Å². The van der Waals surface area contributed by atoms with Crippen molar-refractivity contribution in [2.45, 2.75) is 19.4 Å². The minimum Gasteiger partial charge on any atom is -0.492 e. The number of aromatic nitrogens is 2. The number of aryl methyl sites for hydroxylation is 1. The van der Waals surface area contributed by atoms with Gasteiger partial charge in [0.15, 0.2) is 9.84 Å². The number of sulfone groups is 1. The molecule has 3 rings (SSSR count). The molecule has 1 unspecified atom stereocenters. The molecule has 8 nitrogen and oxygen atoms in total. The maximum Gasteiger partial charge on any atom is 0.239 e.